The van der Waals surface area contributed by atoms with Crippen LogP contribution >= 0.6 is 0 Å². The molecule has 0 fully saturated rings. The molecule has 0 spiro atoms. The molecule has 0 aromatic carbocycles. The van der Waals surface area contributed by atoms with E-state index < -0.39 is 0 Å². The average Bonchev–Trinajstić information content (AvgIpc) is 2.15. The molecule has 0 heterocycles. The van der Waals surface area contributed by atoms with E-state index in [1.165, 1.54) is 32.6 Å². The van der Waals surface area contributed by atoms with Crippen molar-refractivity contribution in [3.8, 4) is 11.8 Å². The van der Waals surface area contributed by atoms with Crippen LogP contribution in [0.4, 0.5) is 0 Å². The highest BCUT2D eigenvalue weighted by Gasteiger charge is 1.88. The van der Waals surface area contributed by atoms with Gasteiger partial charge in [-0.3, -0.25) is 4.79 Å². The molecule has 0 aliphatic rings. The Labute approximate surface area is 87.0 Å². The van der Waals surface area contributed by atoms with Crippen molar-refractivity contribution in [1.82, 2.24) is 0 Å². The molecule has 0 saturated heterocycles. The lowest BCUT2D eigenvalue weighted by Gasteiger charge is -1.95. The Morgan fingerprint density at radius 3 is 2.50 bits per heavy atom. The summed E-state index contributed by atoms with van der Waals surface area (Å²) in [5, 5.41) is 0. The maximum atomic E-state index is 10.4. The van der Waals surface area contributed by atoms with E-state index in [0.29, 0.717) is 13.0 Å². The quantitative estimate of drug-likeness (QED) is 0.371. The summed E-state index contributed by atoms with van der Waals surface area (Å²) in [4.78, 5) is 10.4. The van der Waals surface area contributed by atoms with Crippen LogP contribution in [-0.4, -0.2) is 12.6 Å². The maximum Gasteiger partial charge on any atom is 0.302 e. The Morgan fingerprint density at radius 1 is 1.14 bits per heavy atom. The molecule has 0 aliphatic carbocycles. The van der Waals surface area contributed by atoms with Gasteiger partial charge in [0.25, 0.3) is 0 Å². The third-order valence-electron chi connectivity index (χ3n) is 1.81. The lowest BCUT2D eigenvalue weighted by Crippen LogP contribution is -1.98. The maximum absolute atomic E-state index is 10.4. The van der Waals surface area contributed by atoms with Gasteiger partial charge in [-0.1, -0.05) is 32.1 Å². The second-order valence-electron chi connectivity index (χ2n) is 3.25. The minimum atomic E-state index is -0.227. The summed E-state index contributed by atoms with van der Waals surface area (Å²) in [5.74, 6) is 5.84. The predicted molar refractivity (Wildman–Crippen MR) is 57.8 cm³/mol. The van der Waals surface area contributed by atoms with E-state index in [9.17, 15) is 4.79 Å². The molecule has 0 aromatic heterocycles. The van der Waals surface area contributed by atoms with E-state index in [1.54, 1.807) is 0 Å². The zero-order valence-corrected chi connectivity index (χ0v) is 9.27. The van der Waals surface area contributed by atoms with Crippen molar-refractivity contribution in [2.24, 2.45) is 0 Å². The van der Waals surface area contributed by atoms with E-state index in [-0.39, 0.29) is 5.97 Å². The van der Waals surface area contributed by atoms with Crippen LogP contribution in [0.3, 0.4) is 0 Å². The number of ether oxygens (including phenoxy) is 1. The van der Waals surface area contributed by atoms with Crippen molar-refractivity contribution < 1.29 is 9.53 Å². The molecule has 0 unspecified atom stereocenters. The highest BCUT2D eigenvalue weighted by atomic mass is 16.5. The van der Waals surface area contributed by atoms with Crippen LogP contribution in [-0.2, 0) is 9.53 Å². The first-order valence-corrected chi connectivity index (χ1v) is 5.36. The number of hydrogen-bond acceptors (Lipinski definition) is 2. The Balaban J connectivity index is 3.14. The van der Waals surface area contributed by atoms with Gasteiger partial charge in [0.05, 0.1) is 0 Å². The van der Waals surface area contributed by atoms with Gasteiger partial charge < -0.3 is 4.74 Å². The largest absolute Gasteiger partial charge is 0.465 e. The van der Waals surface area contributed by atoms with Crippen molar-refractivity contribution in [3.05, 3.63) is 0 Å². The van der Waals surface area contributed by atoms with Gasteiger partial charge in [0.2, 0.25) is 0 Å². The van der Waals surface area contributed by atoms with Crippen LogP contribution in [0.5, 0.6) is 0 Å². The van der Waals surface area contributed by atoms with Crippen LogP contribution in [0.2, 0.25) is 0 Å². The average molecular weight is 196 g/mol. The monoisotopic (exact) mass is 196 g/mol. The van der Waals surface area contributed by atoms with Crippen LogP contribution in [0.1, 0.15) is 52.4 Å². The molecule has 80 valence electrons. The summed E-state index contributed by atoms with van der Waals surface area (Å²) in [6.07, 6.45) is 6.66. The Kier molecular flexibility index (Phi) is 9.41. The first-order chi connectivity index (χ1) is 6.77. The molecular weight excluding hydrogens is 176 g/mol. The highest BCUT2D eigenvalue weighted by molar-refractivity contribution is 5.65. The number of unbranched alkanes of at least 4 members (excludes halogenated alkanes) is 4. The standard InChI is InChI=1S/C12H20O2/c1-3-4-5-6-7-8-9-10-11-14-12(2)13/h3-7,10-11H2,1-2H3. The molecule has 0 bridgehead atoms. The molecule has 0 radical (unpaired) electrons. The molecule has 0 aliphatic heterocycles. The van der Waals surface area contributed by atoms with Crippen molar-refractivity contribution in [3.63, 3.8) is 0 Å². The summed E-state index contributed by atoms with van der Waals surface area (Å²) < 4.78 is 4.75. The molecule has 0 rings (SSSR count). The first kappa shape index (κ1) is 13.0. The number of esters is 1. The number of carbonyl (C=O) groups is 1. The van der Waals surface area contributed by atoms with Crippen LogP contribution in [0.15, 0.2) is 0 Å². The fraction of sp³-hybridized carbons (Fsp3) is 0.750. The van der Waals surface area contributed by atoms with Crippen molar-refractivity contribution >= 4 is 5.97 Å². The summed E-state index contributed by atoms with van der Waals surface area (Å²) >= 11 is 0. The second kappa shape index (κ2) is 10.1. The van der Waals surface area contributed by atoms with Crippen LogP contribution in [0, 0.1) is 11.8 Å². The lowest BCUT2D eigenvalue weighted by molar-refractivity contribution is -0.140. The van der Waals surface area contributed by atoms with E-state index in [2.05, 4.69) is 18.8 Å². The van der Waals surface area contributed by atoms with Crippen molar-refractivity contribution in [2.45, 2.75) is 52.4 Å². The topological polar surface area (TPSA) is 26.3 Å². The minimum absolute atomic E-state index is 0.227. The highest BCUT2D eigenvalue weighted by Crippen LogP contribution is 2.00. The van der Waals surface area contributed by atoms with E-state index in [1.807, 2.05) is 0 Å². The van der Waals surface area contributed by atoms with Gasteiger partial charge in [0.1, 0.15) is 6.61 Å². The first-order valence-electron chi connectivity index (χ1n) is 5.36. The molecule has 2 heteroatoms. The van der Waals surface area contributed by atoms with Crippen LogP contribution < -0.4 is 0 Å². The van der Waals surface area contributed by atoms with Gasteiger partial charge in [-0.25, -0.2) is 0 Å². The number of rotatable bonds is 6. The third kappa shape index (κ3) is 11.0. The molecule has 0 aromatic rings. The van der Waals surface area contributed by atoms with Gasteiger partial charge in [0, 0.05) is 19.8 Å². The Hall–Kier alpha value is -0.970. The fourth-order valence-corrected chi connectivity index (χ4v) is 1.06. The van der Waals surface area contributed by atoms with Gasteiger partial charge in [-0.15, -0.1) is 5.92 Å². The minimum Gasteiger partial charge on any atom is -0.465 e. The second-order valence-corrected chi connectivity index (χ2v) is 3.25. The smallest absolute Gasteiger partial charge is 0.302 e. The Morgan fingerprint density at radius 2 is 1.86 bits per heavy atom. The van der Waals surface area contributed by atoms with E-state index in [0.717, 1.165) is 6.42 Å². The van der Waals surface area contributed by atoms with E-state index >= 15 is 0 Å². The number of hydrogen-bond donors (Lipinski definition) is 0. The van der Waals surface area contributed by atoms with Crippen LogP contribution in [0.25, 0.3) is 0 Å². The van der Waals surface area contributed by atoms with E-state index in [4.69, 9.17) is 4.74 Å². The summed E-state index contributed by atoms with van der Waals surface area (Å²) in [6, 6.07) is 0. The number of carbonyl (C=O) groups excluding carboxylic acids is 1. The zero-order chi connectivity index (χ0) is 10.6. The fourth-order valence-electron chi connectivity index (χ4n) is 1.06. The molecule has 0 amide bonds. The summed E-state index contributed by atoms with van der Waals surface area (Å²) in [7, 11) is 0. The molecular formula is C12H20O2. The summed E-state index contributed by atoms with van der Waals surface area (Å²) in [5.41, 5.74) is 0. The molecule has 0 saturated carbocycles. The van der Waals surface area contributed by atoms with Gasteiger partial charge in [-0.2, -0.15) is 0 Å². The molecule has 0 atom stereocenters. The SMILES string of the molecule is CCCCCCC#CCCOC(C)=O. The zero-order valence-electron chi connectivity index (χ0n) is 9.27. The predicted octanol–water partition coefficient (Wildman–Crippen LogP) is 2.91. The molecule has 14 heavy (non-hydrogen) atoms. The van der Waals surface area contributed by atoms with Crippen molar-refractivity contribution in [2.75, 3.05) is 6.61 Å². The van der Waals surface area contributed by atoms with Gasteiger partial charge in [-0.05, 0) is 6.42 Å². The molecule has 0 N–H and O–H groups in total. The summed E-state index contributed by atoms with van der Waals surface area (Å²) in [6.45, 7) is 4.04. The molecule has 2 nitrogen and oxygen atoms in total. The normalized spacial score (nSPS) is 9.00. The van der Waals surface area contributed by atoms with Gasteiger partial charge >= 0.3 is 5.97 Å². The Bertz CT molecular complexity index is 198. The van der Waals surface area contributed by atoms with Gasteiger partial charge in [0.15, 0.2) is 0 Å². The van der Waals surface area contributed by atoms with Crippen molar-refractivity contribution in [1.29, 1.82) is 0 Å². The lowest BCUT2D eigenvalue weighted by atomic mass is 10.1. The third-order valence-corrected chi connectivity index (χ3v) is 1.81.